The molecule has 0 unspecified atom stereocenters. The van der Waals surface area contributed by atoms with Gasteiger partial charge in [0.1, 0.15) is 0 Å². The Kier molecular flexibility index (Phi) is 7.22. The van der Waals surface area contributed by atoms with Crippen molar-refractivity contribution in [3.05, 3.63) is 17.7 Å². The fourth-order valence-corrected chi connectivity index (χ4v) is 3.46. The van der Waals surface area contributed by atoms with Crippen LogP contribution in [0.2, 0.25) is 0 Å². The molecule has 0 spiro atoms. The van der Waals surface area contributed by atoms with Crippen LogP contribution >= 0.6 is 0 Å². The monoisotopic (exact) mass is 350 g/mol. The third-order valence-electron chi connectivity index (χ3n) is 4.81. The van der Waals surface area contributed by atoms with Gasteiger partial charge in [0.05, 0.1) is 21.3 Å². The first-order valence-corrected chi connectivity index (χ1v) is 8.87. The van der Waals surface area contributed by atoms with E-state index in [1.165, 1.54) is 25.7 Å². The van der Waals surface area contributed by atoms with Crippen LogP contribution < -0.4 is 19.5 Å². The second-order valence-corrected chi connectivity index (χ2v) is 6.51. The minimum absolute atomic E-state index is 0.0219. The Hall–Kier alpha value is -2.11. The van der Waals surface area contributed by atoms with E-state index in [9.17, 15) is 4.79 Å². The van der Waals surface area contributed by atoms with Crippen molar-refractivity contribution >= 4 is 6.03 Å². The number of carbonyl (C=O) groups excluding carboxylic acids is 1. The van der Waals surface area contributed by atoms with Gasteiger partial charge in [-0.25, -0.2) is 4.79 Å². The number of ether oxygens (including phenoxy) is 3. The molecule has 1 aromatic rings. The Bertz CT molecular complexity index is 571. The van der Waals surface area contributed by atoms with Crippen molar-refractivity contribution in [3.8, 4) is 17.2 Å². The highest BCUT2D eigenvalue weighted by Gasteiger charge is 2.20. The molecule has 1 aliphatic carbocycles. The van der Waals surface area contributed by atoms with Gasteiger partial charge >= 0.3 is 6.03 Å². The summed E-state index contributed by atoms with van der Waals surface area (Å²) < 4.78 is 16.2. The molecule has 1 aliphatic rings. The number of methoxy groups -OCH3 is 3. The topological polar surface area (TPSA) is 60.0 Å². The van der Waals surface area contributed by atoms with E-state index < -0.39 is 0 Å². The van der Waals surface area contributed by atoms with Gasteiger partial charge in [0, 0.05) is 25.7 Å². The van der Waals surface area contributed by atoms with Crippen LogP contribution in [-0.2, 0) is 6.42 Å². The molecule has 1 N–H and O–H groups in total. The van der Waals surface area contributed by atoms with E-state index in [-0.39, 0.29) is 6.03 Å². The zero-order chi connectivity index (χ0) is 18.2. The molecule has 0 saturated heterocycles. The molecular formula is C19H30N2O4. The predicted molar refractivity (Wildman–Crippen MR) is 97.8 cm³/mol. The van der Waals surface area contributed by atoms with Crippen molar-refractivity contribution in [1.82, 2.24) is 10.2 Å². The molecule has 1 aromatic carbocycles. The van der Waals surface area contributed by atoms with E-state index in [1.807, 2.05) is 19.2 Å². The molecule has 2 amide bonds. The van der Waals surface area contributed by atoms with Crippen LogP contribution in [0.4, 0.5) is 4.79 Å². The molecular weight excluding hydrogens is 320 g/mol. The van der Waals surface area contributed by atoms with Crippen LogP contribution in [0.15, 0.2) is 12.1 Å². The van der Waals surface area contributed by atoms with Crippen LogP contribution in [0, 0.1) is 5.92 Å². The second-order valence-electron chi connectivity index (χ2n) is 6.51. The van der Waals surface area contributed by atoms with Crippen molar-refractivity contribution < 1.29 is 19.0 Å². The Morgan fingerprint density at radius 1 is 1.12 bits per heavy atom. The number of nitrogens with one attached hydrogen (secondary N) is 1. The molecule has 25 heavy (non-hydrogen) atoms. The van der Waals surface area contributed by atoms with E-state index in [0.717, 1.165) is 12.1 Å². The van der Waals surface area contributed by atoms with E-state index >= 15 is 0 Å². The predicted octanol–water partition coefficient (Wildman–Crippen LogP) is 3.09. The van der Waals surface area contributed by atoms with Gasteiger partial charge in [0.2, 0.25) is 5.75 Å². The number of urea groups is 1. The molecule has 0 heterocycles. The number of nitrogens with zero attached hydrogens (tertiary/aromatic N) is 1. The lowest BCUT2D eigenvalue weighted by molar-refractivity contribution is 0.201. The normalized spacial score (nSPS) is 14.2. The minimum Gasteiger partial charge on any atom is -0.493 e. The largest absolute Gasteiger partial charge is 0.493 e. The molecule has 0 aliphatic heterocycles. The molecule has 1 fully saturated rings. The highest BCUT2D eigenvalue weighted by Crippen LogP contribution is 2.39. The summed E-state index contributed by atoms with van der Waals surface area (Å²) in [5.74, 6) is 2.51. The number of carbonyl (C=O) groups is 1. The molecule has 0 radical (unpaired) electrons. The highest BCUT2D eigenvalue weighted by molar-refractivity contribution is 5.73. The van der Waals surface area contributed by atoms with Crippen molar-refractivity contribution in [1.29, 1.82) is 0 Å². The van der Waals surface area contributed by atoms with E-state index in [1.54, 1.807) is 26.2 Å². The van der Waals surface area contributed by atoms with Crippen LogP contribution in [0.25, 0.3) is 0 Å². The molecule has 6 nitrogen and oxygen atoms in total. The number of amides is 2. The van der Waals surface area contributed by atoms with Gasteiger partial charge in [-0.2, -0.15) is 0 Å². The smallest absolute Gasteiger partial charge is 0.317 e. The fourth-order valence-electron chi connectivity index (χ4n) is 3.46. The first-order chi connectivity index (χ1) is 12.1. The number of hydrogen-bond acceptors (Lipinski definition) is 4. The maximum Gasteiger partial charge on any atom is 0.317 e. The standard InChI is InChI=1S/C19H30N2O4/c1-21(13-14-7-5-6-8-14)19(22)20-12-11-15-9-10-16(23-2)18(25-4)17(15)24-3/h9-10,14H,5-8,11-13H2,1-4H3,(H,20,22). The second kappa shape index (κ2) is 9.39. The van der Waals surface area contributed by atoms with Gasteiger partial charge in [-0.05, 0) is 31.2 Å². The molecule has 0 atom stereocenters. The van der Waals surface area contributed by atoms with Crippen LogP contribution in [-0.4, -0.2) is 52.4 Å². The van der Waals surface area contributed by atoms with Gasteiger partial charge in [0.25, 0.3) is 0 Å². The van der Waals surface area contributed by atoms with Crippen molar-refractivity contribution in [3.63, 3.8) is 0 Å². The van der Waals surface area contributed by atoms with Crippen molar-refractivity contribution in [2.75, 3.05) is 41.5 Å². The molecule has 0 bridgehead atoms. The third kappa shape index (κ3) is 4.94. The Balaban J connectivity index is 1.89. The van der Waals surface area contributed by atoms with Crippen molar-refractivity contribution in [2.45, 2.75) is 32.1 Å². The first kappa shape index (κ1) is 19.2. The molecule has 140 valence electrons. The van der Waals surface area contributed by atoms with Crippen LogP contribution in [0.5, 0.6) is 17.2 Å². The SMILES string of the molecule is COc1ccc(CCNC(=O)N(C)CC2CCCC2)c(OC)c1OC. The number of hydrogen-bond donors (Lipinski definition) is 1. The average molecular weight is 350 g/mol. The lowest BCUT2D eigenvalue weighted by atomic mass is 10.1. The third-order valence-corrected chi connectivity index (χ3v) is 4.81. The maximum atomic E-state index is 12.2. The highest BCUT2D eigenvalue weighted by atomic mass is 16.5. The van der Waals surface area contributed by atoms with Crippen LogP contribution in [0.3, 0.4) is 0 Å². The maximum absolute atomic E-state index is 12.2. The molecule has 6 heteroatoms. The summed E-state index contributed by atoms with van der Waals surface area (Å²) in [4.78, 5) is 14.0. The first-order valence-electron chi connectivity index (χ1n) is 8.87. The number of benzene rings is 1. The Morgan fingerprint density at radius 3 is 2.40 bits per heavy atom. The lowest BCUT2D eigenvalue weighted by Crippen LogP contribution is -2.40. The van der Waals surface area contributed by atoms with Gasteiger partial charge in [-0.15, -0.1) is 0 Å². The summed E-state index contributed by atoms with van der Waals surface area (Å²) in [6, 6.07) is 3.77. The fraction of sp³-hybridized carbons (Fsp3) is 0.632. The zero-order valence-electron chi connectivity index (χ0n) is 15.8. The zero-order valence-corrected chi connectivity index (χ0v) is 15.8. The molecule has 1 saturated carbocycles. The average Bonchev–Trinajstić information content (AvgIpc) is 3.13. The Morgan fingerprint density at radius 2 is 1.80 bits per heavy atom. The van der Waals surface area contributed by atoms with Gasteiger partial charge in [-0.1, -0.05) is 18.9 Å². The van der Waals surface area contributed by atoms with Gasteiger partial charge < -0.3 is 24.4 Å². The summed E-state index contributed by atoms with van der Waals surface area (Å²) in [7, 11) is 6.65. The number of rotatable bonds is 8. The summed E-state index contributed by atoms with van der Waals surface area (Å²) in [6.45, 7) is 1.38. The lowest BCUT2D eigenvalue weighted by Gasteiger charge is -2.22. The van der Waals surface area contributed by atoms with Crippen molar-refractivity contribution in [2.24, 2.45) is 5.92 Å². The summed E-state index contributed by atoms with van der Waals surface area (Å²) in [6.07, 6.45) is 5.71. The summed E-state index contributed by atoms with van der Waals surface area (Å²) >= 11 is 0. The quantitative estimate of drug-likeness (QED) is 0.783. The van der Waals surface area contributed by atoms with E-state index in [4.69, 9.17) is 14.2 Å². The molecule has 2 rings (SSSR count). The summed E-state index contributed by atoms with van der Waals surface area (Å²) in [5.41, 5.74) is 0.971. The Labute approximate surface area is 150 Å². The van der Waals surface area contributed by atoms with E-state index in [2.05, 4.69) is 5.32 Å². The van der Waals surface area contributed by atoms with Crippen LogP contribution in [0.1, 0.15) is 31.2 Å². The minimum atomic E-state index is -0.0219. The van der Waals surface area contributed by atoms with Gasteiger partial charge in [0.15, 0.2) is 11.5 Å². The molecule has 0 aromatic heterocycles. The van der Waals surface area contributed by atoms with Gasteiger partial charge in [-0.3, -0.25) is 0 Å². The van der Waals surface area contributed by atoms with E-state index in [0.29, 0.717) is 36.1 Å². The summed E-state index contributed by atoms with van der Waals surface area (Å²) in [5, 5.41) is 2.98.